The van der Waals surface area contributed by atoms with Crippen molar-refractivity contribution in [1.29, 1.82) is 0 Å². The Bertz CT molecular complexity index is 805. The lowest BCUT2D eigenvalue weighted by Crippen LogP contribution is -2.50. The van der Waals surface area contributed by atoms with Crippen LogP contribution in [0.15, 0.2) is 24.3 Å². The third-order valence-electron chi connectivity index (χ3n) is 4.74. The number of nitrogens with zero attached hydrogens (tertiary/aromatic N) is 4. The highest BCUT2D eigenvalue weighted by Crippen LogP contribution is 2.19. The third kappa shape index (κ3) is 4.76. The summed E-state index contributed by atoms with van der Waals surface area (Å²) in [4.78, 5) is 25.9. The molecule has 0 bridgehead atoms. The lowest BCUT2D eigenvalue weighted by atomic mass is 10.1. The molecule has 1 N–H and O–H groups in total. The van der Waals surface area contributed by atoms with Crippen LogP contribution in [0, 0.1) is 20.8 Å². The second-order valence-corrected chi connectivity index (χ2v) is 7.66. The number of amides is 2. The Hall–Kier alpha value is -2.63. The number of aromatic nitrogens is 2. The molecule has 6 heteroatoms. The summed E-state index contributed by atoms with van der Waals surface area (Å²) >= 11 is 0. The monoisotopic (exact) mass is 367 g/mol. The maximum absolute atomic E-state index is 12.6. The highest BCUT2D eigenvalue weighted by atomic mass is 16.2. The number of carbonyl (C=O) groups excluding carboxylic acids is 1. The molecule has 2 heterocycles. The van der Waals surface area contributed by atoms with E-state index in [-0.39, 0.29) is 6.03 Å². The van der Waals surface area contributed by atoms with Crippen molar-refractivity contribution >= 4 is 17.5 Å². The van der Waals surface area contributed by atoms with E-state index in [1.807, 2.05) is 43.9 Å². The number of aryl methyl sites for hydroxylation is 3. The number of carbonyl (C=O) groups is 1. The average Bonchev–Trinajstić information content (AvgIpc) is 2.60. The van der Waals surface area contributed by atoms with E-state index in [2.05, 4.69) is 35.1 Å². The zero-order chi connectivity index (χ0) is 19.6. The Labute approximate surface area is 161 Å². The Kier molecular flexibility index (Phi) is 5.63. The smallest absolute Gasteiger partial charge is 0.321 e. The number of hydrogen-bond acceptors (Lipinski definition) is 4. The number of nitrogens with one attached hydrogen (secondary N) is 1. The Balaban J connectivity index is 1.62. The van der Waals surface area contributed by atoms with Crippen LogP contribution in [0.1, 0.15) is 42.4 Å². The van der Waals surface area contributed by atoms with Crippen molar-refractivity contribution in [3.8, 4) is 0 Å². The summed E-state index contributed by atoms with van der Waals surface area (Å²) in [6, 6.07) is 8.08. The highest BCUT2D eigenvalue weighted by Gasteiger charge is 2.23. The quantitative estimate of drug-likeness (QED) is 0.894. The van der Waals surface area contributed by atoms with Gasteiger partial charge in [-0.2, -0.15) is 0 Å². The van der Waals surface area contributed by atoms with Gasteiger partial charge in [-0.25, -0.2) is 14.8 Å². The number of anilines is 2. The molecule has 0 radical (unpaired) electrons. The van der Waals surface area contributed by atoms with Crippen LogP contribution < -0.4 is 10.2 Å². The van der Waals surface area contributed by atoms with Crippen LogP contribution in [-0.2, 0) is 0 Å². The molecule has 144 valence electrons. The molecule has 3 rings (SSSR count). The molecule has 1 saturated heterocycles. The fourth-order valence-electron chi connectivity index (χ4n) is 3.38. The van der Waals surface area contributed by atoms with Gasteiger partial charge in [-0.3, -0.25) is 0 Å². The SMILES string of the molecule is Cc1cc(C)cc(NC(=O)N2CCN(c3cc(C)nc(C(C)C)n3)CC2)c1. The molecule has 1 fully saturated rings. The first-order valence-electron chi connectivity index (χ1n) is 9.56. The molecular formula is C21H29N5O. The molecule has 1 aromatic carbocycles. The van der Waals surface area contributed by atoms with E-state index in [1.54, 1.807) is 0 Å². The second-order valence-electron chi connectivity index (χ2n) is 7.66. The first-order valence-corrected chi connectivity index (χ1v) is 9.56. The van der Waals surface area contributed by atoms with Crippen LogP contribution >= 0.6 is 0 Å². The number of hydrogen-bond donors (Lipinski definition) is 1. The van der Waals surface area contributed by atoms with Crippen LogP contribution in [0.2, 0.25) is 0 Å². The van der Waals surface area contributed by atoms with E-state index in [0.29, 0.717) is 19.0 Å². The van der Waals surface area contributed by atoms with E-state index in [0.717, 1.165) is 47.2 Å². The number of rotatable bonds is 3. The van der Waals surface area contributed by atoms with Gasteiger partial charge in [0.2, 0.25) is 0 Å². The van der Waals surface area contributed by atoms with Crippen LogP contribution in [0.25, 0.3) is 0 Å². The molecule has 2 amide bonds. The van der Waals surface area contributed by atoms with Gasteiger partial charge in [0.1, 0.15) is 11.6 Å². The third-order valence-corrected chi connectivity index (χ3v) is 4.74. The minimum absolute atomic E-state index is 0.0404. The molecule has 1 aliphatic heterocycles. The van der Waals surface area contributed by atoms with Gasteiger partial charge in [0, 0.05) is 49.5 Å². The van der Waals surface area contributed by atoms with Gasteiger partial charge in [0.25, 0.3) is 0 Å². The number of urea groups is 1. The molecule has 1 aliphatic rings. The summed E-state index contributed by atoms with van der Waals surface area (Å²) in [6.45, 7) is 13.2. The Morgan fingerprint density at radius 1 is 0.963 bits per heavy atom. The Morgan fingerprint density at radius 2 is 1.59 bits per heavy atom. The molecule has 0 saturated carbocycles. The molecule has 2 aromatic rings. The first kappa shape index (κ1) is 19.1. The van der Waals surface area contributed by atoms with Crippen molar-refractivity contribution in [1.82, 2.24) is 14.9 Å². The fraction of sp³-hybridized carbons (Fsp3) is 0.476. The van der Waals surface area contributed by atoms with Crippen LogP contribution in [0.5, 0.6) is 0 Å². The first-order chi connectivity index (χ1) is 12.8. The lowest BCUT2D eigenvalue weighted by Gasteiger charge is -2.35. The van der Waals surface area contributed by atoms with Crippen LogP contribution in [0.4, 0.5) is 16.3 Å². The molecule has 27 heavy (non-hydrogen) atoms. The van der Waals surface area contributed by atoms with E-state index >= 15 is 0 Å². The summed E-state index contributed by atoms with van der Waals surface area (Å²) in [5.74, 6) is 2.13. The number of piperazine rings is 1. The highest BCUT2D eigenvalue weighted by molar-refractivity contribution is 5.89. The van der Waals surface area contributed by atoms with Crippen molar-refractivity contribution in [2.45, 2.75) is 40.5 Å². The summed E-state index contributed by atoms with van der Waals surface area (Å²) in [7, 11) is 0. The van der Waals surface area contributed by atoms with Gasteiger partial charge in [0.15, 0.2) is 0 Å². The molecule has 0 unspecified atom stereocenters. The predicted octanol–water partition coefficient (Wildman–Crippen LogP) is 3.88. The van der Waals surface area contributed by atoms with Gasteiger partial charge in [-0.1, -0.05) is 19.9 Å². The van der Waals surface area contributed by atoms with Gasteiger partial charge in [0.05, 0.1) is 0 Å². The van der Waals surface area contributed by atoms with Crippen LogP contribution in [-0.4, -0.2) is 47.1 Å². The van der Waals surface area contributed by atoms with Gasteiger partial charge < -0.3 is 15.1 Å². The van der Waals surface area contributed by atoms with Gasteiger partial charge >= 0.3 is 6.03 Å². The average molecular weight is 367 g/mol. The fourth-order valence-corrected chi connectivity index (χ4v) is 3.38. The van der Waals surface area contributed by atoms with Crippen molar-refractivity contribution in [2.24, 2.45) is 0 Å². The summed E-state index contributed by atoms with van der Waals surface area (Å²) in [5.41, 5.74) is 4.14. The molecule has 6 nitrogen and oxygen atoms in total. The zero-order valence-corrected chi connectivity index (χ0v) is 16.9. The lowest BCUT2D eigenvalue weighted by molar-refractivity contribution is 0.208. The van der Waals surface area contributed by atoms with Crippen molar-refractivity contribution in [3.63, 3.8) is 0 Å². The van der Waals surface area contributed by atoms with E-state index in [1.165, 1.54) is 0 Å². The summed E-state index contributed by atoms with van der Waals surface area (Å²) in [5, 5.41) is 3.02. The van der Waals surface area contributed by atoms with Gasteiger partial charge in [-0.05, 0) is 44.0 Å². The molecule has 0 spiro atoms. The predicted molar refractivity (Wildman–Crippen MR) is 110 cm³/mol. The summed E-state index contributed by atoms with van der Waals surface area (Å²) in [6.07, 6.45) is 0. The topological polar surface area (TPSA) is 61.4 Å². The maximum Gasteiger partial charge on any atom is 0.321 e. The van der Waals surface area contributed by atoms with E-state index in [9.17, 15) is 4.79 Å². The van der Waals surface area contributed by atoms with Gasteiger partial charge in [-0.15, -0.1) is 0 Å². The molecule has 0 atom stereocenters. The largest absolute Gasteiger partial charge is 0.353 e. The zero-order valence-electron chi connectivity index (χ0n) is 16.9. The number of benzene rings is 1. The maximum atomic E-state index is 12.6. The Morgan fingerprint density at radius 3 is 2.19 bits per heavy atom. The summed E-state index contributed by atoms with van der Waals surface area (Å²) < 4.78 is 0. The standard InChI is InChI=1S/C21H29N5O/c1-14(2)20-22-17(5)13-19(24-20)25-6-8-26(9-7-25)21(27)23-18-11-15(3)10-16(4)12-18/h10-14H,6-9H2,1-5H3,(H,23,27). The van der Waals surface area contributed by atoms with E-state index in [4.69, 9.17) is 4.98 Å². The molecular weight excluding hydrogens is 338 g/mol. The second kappa shape index (κ2) is 7.94. The van der Waals surface area contributed by atoms with Crippen LogP contribution in [0.3, 0.4) is 0 Å². The minimum atomic E-state index is -0.0404. The minimum Gasteiger partial charge on any atom is -0.353 e. The van der Waals surface area contributed by atoms with Crippen molar-refractivity contribution in [2.75, 3.05) is 36.4 Å². The van der Waals surface area contributed by atoms with Crippen molar-refractivity contribution < 1.29 is 4.79 Å². The van der Waals surface area contributed by atoms with Crippen molar-refractivity contribution in [3.05, 3.63) is 46.9 Å². The normalized spacial score (nSPS) is 14.6. The molecule has 0 aliphatic carbocycles. The van der Waals surface area contributed by atoms with E-state index < -0.39 is 0 Å². The molecule has 1 aromatic heterocycles.